The summed E-state index contributed by atoms with van der Waals surface area (Å²) in [6.07, 6.45) is 3.44. The van der Waals surface area contributed by atoms with Gasteiger partial charge in [-0.05, 0) is 72.5 Å². The van der Waals surface area contributed by atoms with Crippen molar-refractivity contribution in [2.75, 3.05) is 47.0 Å². The summed E-state index contributed by atoms with van der Waals surface area (Å²) in [6.45, 7) is 7.48. The maximum absolute atomic E-state index is 12.8. The van der Waals surface area contributed by atoms with E-state index in [1.807, 2.05) is 18.2 Å². The number of hydrogen-bond donors (Lipinski definition) is 3. The number of carbonyl (C=O) groups excluding carboxylic acids is 1. The molecular formula is C36H48ClN3O4. The maximum atomic E-state index is 12.8. The van der Waals surface area contributed by atoms with Gasteiger partial charge in [-0.2, -0.15) is 0 Å². The third-order valence-electron chi connectivity index (χ3n) is 8.72. The van der Waals surface area contributed by atoms with Crippen LogP contribution in [0.5, 0.6) is 0 Å². The van der Waals surface area contributed by atoms with Crippen LogP contribution in [0.2, 0.25) is 5.02 Å². The van der Waals surface area contributed by atoms with Gasteiger partial charge in [0, 0.05) is 56.3 Å². The van der Waals surface area contributed by atoms with Crippen LogP contribution in [-0.4, -0.2) is 63.1 Å². The zero-order valence-electron chi connectivity index (χ0n) is 26.4. The first-order valence-electron chi connectivity index (χ1n) is 15.8. The van der Waals surface area contributed by atoms with Crippen molar-refractivity contribution < 1.29 is 19.4 Å². The van der Waals surface area contributed by atoms with Crippen molar-refractivity contribution in [3.63, 3.8) is 0 Å². The average Bonchev–Trinajstić information content (AvgIpc) is 3.05. The molecule has 3 aromatic rings. The van der Waals surface area contributed by atoms with Gasteiger partial charge >= 0.3 is 6.09 Å². The summed E-state index contributed by atoms with van der Waals surface area (Å²) in [4.78, 5) is 14.2. The van der Waals surface area contributed by atoms with Crippen LogP contribution in [0.3, 0.4) is 0 Å². The highest BCUT2D eigenvalue weighted by molar-refractivity contribution is 6.33. The largest absolute Gasteiger partial charge is 0.453 e. The Kier molecular flexibility index (Phi) is 13.1. The molecule has 0 unspecified atom stereocenters. The first-order valence-corrected chi connectivity index (χ1v) is 16.2. The molecule has 0 radical (unpaired) electrons. The zero-order chi connectivity index (χ0) is 31.4. The van der Waals surface area contributed by atoms with Crippen LogP contribution >= 0.6 is 11.6 Å². The Balaban J connectivity index is 1.58. The highest BCUT2D eigenvalue weighted by atomic mass is 35.5. The first-order chi connectivity index (χ1) is 21.4. The number of amides is 1. The molecule has 0 bridgehead atoms. The number of alkyl carbamates (subject to hydrolysis) is 1. The fourth-order valence-corrected chi connectivity index (χ4v) is 6.60. The highest BCUT2D eigenvalue weighted by Gasteiger charge is 2.42. The van der Waals surface area contributed by atoms with Crippen LogP contribution in [0, 0.1) is 5.92 Å². The van der Waals surface area contributed by atoms with Gasteiger partial charge in [0.05, 0.1) is 19.3 Å². The van der Waals surface area contributed by atoms with Gasteiger partial charge in [0.1, 0.15) is 0 Å². The molecule has 0 aromatic heterocycles. The molecule has 8 heteroatoms. The van der Waals surface area contributed by atoms with Gasteiger partial charge in [-0.3, -0.25) is 4.90 Å². The van der Waals surface area contributed by atoms with E-state index in [1.165, 1.54) is 23.8 Å². The molecule has 0 spiro atoms. The van der Waals surface area contributed by atoms with Crippen molar-refractivity contribution in [2.45, 2.75) is 57.7 Å². The number of halogens is 1. The minimum absolute atomic E-state index is 0.00907. The third kappa shape index (κ3) is 9.05. The summed E-state index contributed by atoms with van der Waals surface area (Å²) in [5, 5.41) is 19.6. The molecule has 7 nitrogen and oxygen atoms in total. The minimum atomic E-state index is -1.14. The molecule has 3 aromatic carbocycles. The van der Waals surface area contributed by atoms with E-state index in [2.05, 4.69) is 71.0 Å². The van der Waals surface area contributed by atoms with Crippen LogP contribution in [0.1, 0.15) is 54.9 Å². The van der Waals surface area contributed by atoms with Crippen LogP contribution in [0.25, 0.3) is 11.1 Å². The molecular weight excluding hydrogens is 574 g/mol. The predicted molar refractivity (Wildman–Crippen MR) is 178 cm³/mol. The molecule has 0 aliphatic carbocycles. The highest BCUT2D eigenvalue weighted by Crippen LogP contribution is 2.45. The molecule has 44 heavy (non-hydrogen) atoms. The first kappa shape index (κ1) is 33.9. The Morgan fingerprint density at radius 2 is 1.82 bits per heavy atom. The molecule has 3 N–H and O–H groups in total. The van der Waals surface area contributed by atoms with Crippen LogP contribution < -0.4 is 10.6 Å². The van der Waals surface area contributed by atoms with E-state index in [4.69, 9.17) is 21.1 Å². The lowest BCUT2D eigenvalue weighted by Crippen LogP contribution is -2.46. The summed E-state index contributed by atoms with van der Waals surface area (Å²) in [7, 11) is 3.07. The zero-order valence-corrected chi connectivity index (χ0v) is 27.2. The Morgan fingerprint density at radius 3 is 2.57 bits per heavy atom. The molecule has 4 rings (SSSR count). The Morgan fingerprint density at radius 1 is 1.05 bits per heavy atom. The third-order valence-corrected chi connectivity index (χ3v) is 9.03. The van der Waals surface area contributed by atoms with Crippen LogP contribution in [0.4, 0.5) is 4.79 Å². The number of nitrogens with one attached hydrogen (secondary N) is 2. The fourth-order valence-electron chi connectivity index (χ4n) is 6.32. The second-order valence-electron chi connectivity index (χ2n) is 11.7. The van der Waals surface area contributed by atoms with Gasteiger partial charge in [0.15, 0.2) is 0 Å². The Hall–Kier alpha value is -2.94. The Labute approximate surface area is 267 Å². The smallest absolute Gasteiger partial charge is 0.406 e. The summed E-state index contributed by atoms with van der Waals surface area (Å²) in [5.41, 5.74) is 5.35. The number of piperidine rings is 1. The molecule has 1 amide bonds. The number of rotatable bonds is 15. The SMILES string of the molecule is CCc1cccc(-c2c(Cl)cccc2[C@](O)(CCCNC(=O)OC)[C@@H]2CCCN(Cc3ccc(CNCCOC)cc3)C2)c1. The van der Waals surface area contributed by atoms with Crippen molar-refractivity contribution in [3.05, 3.63) is 94.0 Å². The van der Waals surface area contributed by atoms with E-state index in [9.17, 15) is 9.90 Å². The number of likely N-dealkylation sites (tertiary alicyclic amines) is 1. The molecule has 1 fully saturated rings. The lowest BCUT2D eigenvalue weighted by molar-refractivity contribution is -0.0616. The maximum Gasteiger partial charge on any atom is 0.406 e. The monoisotopic (exact) mass is 621 g/mol. The van der Waals surface area contributed by atoms with Gasteiger partial charge < -0.3 is 25.2 Å². The quantitative estimate of drug-likeness (QED) is 0.167. The van der Waals surface area contributed by atoms with Crippen molar-refractivity contribution in [2.24, 2.45) is 5.92 Å². The van der Waals surface area contributed by atoms with Gasteiger partial charge in [-0.25, -0.2) is 4.79 Å². The van der Waals surface area contributed by atoms with E-state index in [0.29, 0.717) is 31.0 Å². The topological polar surface area (TPSA) is 83.1 Å². The summed E-state index contributed by atoms with van der Waals surface area (Å²) >= 11 is 6.92. The fraction of sp³-hybridized carbons (Fsp3) is 0.472. The number of hydrogen-bond acceptors (Lipinski definition) is 6. The summed E-state index contributed by atoms with van der Waals surface area (Å²) in [5.74, 6) is -0.00907. The normalized spacial score (nSPS) is 16.8. The van der Waals surface area contributed by atoms with Gasteiger partial charge in [0.25, 0.3) is 0 Å². The molecule has 1 aliphatic rings. The predicted octanol–water partition coefficient (Wildman–Crippen LogP) is 6.54. The summed E-state index contributed by atoms with van der Waals surface area (Å²) in [6, 6.07) is 23.1. The minimum Gasteiger partial charge on any atom is -0.453 e. The van der Waals surface area contributed by atoms with Gasteiger partial charge in [-0.15, -0.1) is 0 Å². The molecule has 1 saturated heterocycles. The molecule has 238 valence electrons. The second-order valence-corrected chi connectivity index (χ2v) is 12.1. The van der Waals surface area contributed by atoms with Crippen LogP contribution in [-0.2, 0) is 34.6 Å². The number of nitrogens with zero attached hydrogens (tertiary/aromatic N) is 1. The number of methoxy groups -OCH3 is 2. The van der Waals surface area contributed by atoms with E-state index in [-0.39, 0.29) is 5.92 Å². The van der Waals surface area contributed by atoms with Crippen molar-refractivity contribution in [3.8, 4) is 11.1 Å². The van der Waals surface area contributed by atoms with Crippen LogP contribution in [0.15, 0.2) is 66.7 Å². The number of ether oxygens (including phenoxy) is 2. The lowest BCUT2D eigenvalue weighted by Gasteiger charge is -2.44. The van der Waals surface area contributed by atoms with E-state index in [0.717, 1.165) is 68.7 Å². The second kappa shape index (κ2) is 16.9. The van der Waals surface area contributed by atoms with Crippen molar-refractivity contribution in [1.82, 2.24) is 15.5 Å². The Bertz CT molecular complexity index is 1340. The number of benzene rings is 3. The molecule has 0 saturated carbocycles. The number of aryl methyl sites for hydroxylation is 1. The summed E-state index contributed by atoms with van der Waals surface area (Å²) < 4.78 is 9.88. The van der Waals surface area contributed by atoms with Gasteiger partial charge in [0.2, 0.25) is 0 Å². The standard InChI is InChI=1S/C36H48ClN3O4/c1-4-27-9-5-10-30(23-27)34-32(12-6-13-33(34)37)36(42,18-8-19-39-35(41)44-3)31-11-7-21-40(26-31)25-29-16-14-28(15-17-29)24-38-20-22-43-2/h5-6,9-10,12-17,23,31,38,42H,4,7-8,11,18-22,24-26H2,1-3H3,(H,39,41)/t31-,36+/m1/s1. The van der Waals surface area contributed by atoms with Crippen molar-refractivity contribution in [1.29, 1.82) is 0 Å². The molecule has 1 aliphatic heterocycles. The van der Waals surface area contributed by atoms with Gasteiger partial charge in [-0.1, -0.05) is 79.2 Å². The van der Waals surface area contributed by atoms with E-state index in [1.54, 1.807) is 7.11 Å². The van der Waals surface area contributed by atoms with Crippen molar-refractivity contribution >= 4 is 17.7 Å². The average molecular weight is 622 g/mol. The number of aliphatic hydroxyl groups is 1. The molecule has 2 atom stereocenters. The van der Waals surface area contributed by atoms with E-state index < -0.39 is 11.7 Å². The lowest BCUT2D eigenvalue weighted by atomic mass is 9.72. The van der Waals surface area contributed by atoms with E-state index >= 15 is 0 Å². The number of carbonyl (C=O) groups is 1. The molecule has 1 heterocycles.